The lowest BCUT2D eigenvalue weighted by molar-refractivity contribution is 0.0949. The predicted molar refractivity (Wildman–Crippen MR) is 116 cm³/mol. The van der Waals surface area contributed by atoms with Gasteiger partial charge in [0.15, 0.2) is 0 Å². The van der Waals surface area contributed by atoms with Crippen molar-refractivity contribution in [1.29, 1.82) is 0 Å². The summed E-state index contributed by atoms with van der Waals surface area (Å²) in [6.45, 7) is 11.0. The van der Waals surface area contributed by atoms with Gasteiger partial charge in [-0.25, -0.2) is 4.98 Å². The molecular weight excluding hydrogens is 372 g/mol. The van der Waals surface area contributed by atoms with E-state index in [1.807, 2.05) is 38.1 Å². The first-order valence-electron chi connectivity index (χ1n) is 9.56. The molecule has 0 saturated carbocycles. The minimum Gasteiger partial charge on any atom is -0.459 e. The second kappa shape index (κ2) is 6.90. The first-order valence-corrected chi connectivity index (χ1v) is 10.4. The number of carbonyl (C=O) groups is 1. The van der Waals surface area contributed by atoms with Gasteiger partial charge in [0.25, 0.3) is 5.91 Å². The van der Waals surface area contributed by atoms with Gasteiger partial charge in [0.1, 0.15) is 11.1 Å². The molecule has 0 radical (unpaired) electrons. The van der Waals surface area contributed by atoms with Crippen molar-refractivity contribution in [3.8, 4) is 5.88 Å². The fraction of sp³-hybridized carbons (Fsp3) is 0.429. The van der Waals surface area contributed by atoms with Crippen molar-refractivity contribution in [2.45, 2.75) is 52.4 Å². The van der Waals surface area contributed by atoms with Gasteiger partial charge >= 0.3 is 0 Å². The predicted octanol–water partition coefficient (Wildman–Crippen LogP) is 4.11. The summed E-state index contributed by atoms with van der Waals surface area (Å²) in [5, 5.41) is 11.9. The largest absolute Gasteiger partial charge is 0.459 e. The Kier molecular flexibility index (Phi) is 4.67. The Morgan fingerprint density at radius 1 is 1.29 bits per heavy atom. The number of hydrogen-bond acceptors (Lipinski definition) is 6. The van der Waals surface area contributed by atoms with E-state index in [2.05, 4.69) is 36.7 Å². The van der Waals surface area contributed by atoms with Crippen LogP contribution in [0.1, 0.15) is 44.3 Å². The van der Waals surface area contributed by atoms with Crippen LogP contribution >= 0.6 is 11.3 Å². The SMILES string of the molecule is CC(NC(C)(C)C)Oc1ccc2c(ccc3sc4c(c32)NC[C@@H](C)NC4=O)n1. The molecule has 0 spiro atoms. The summed E-state index contributed by atoms with van der Waals surface area (Å²) in [5.74, 6) is 0.564. The number of aromatic nitrogens is 1. The van der Waals surface area contributed by atoms with Gasteiger partial charge in [0.05, 0.1) is 11.2 Å². The molecule has 6 nitrogen and oxygen atoms in total. The van der Waals surface area contributed by atoms with E-state index >= 15 is 0 Å². The Morgan fingerprint density at radius 2 is 2.07 bits per heavy atom. The lowest BCUT2D eigenvalue weighted by atomic mass is 10.1. The van der Waals surface area contributed by atoms with Crippen LogP contribution in [-0.4, -0.2) is 35.2 Å². The highest BCUT2D eigenvalue weighted by molar-refractivity contribution is 7.21. The molecule has 148 valence electrons. The summed E-state index contributed by atoms with van der Waals surface area (Å²) < 4.78 is 7.03. The van der Waals surface area contributed by atoms with E-state index in [1.165, 1.54) is 11.3 Å². The number of hydrogen-bond donors (Lipinski definition) is 3. The smallest absolute Gasteiger partial charge is 0.263 e. The van der Waals surface area contributed by atoms with Crippen LogP contribution in [-0.2, 0) is 0 Å². The number of nitrogens with zero attached hydrogens (tertiary/aromatic N) is 1. The van der Waals surface area contributed by atoms with Crippen molar-refractivity contribution >= 4 is 43.9 Å². The zero-order valence-corrected chi connectivity index (χ0v) is 17.7. The standard InChI is InChI=1S/C21H26N4O2S/c1-11-10-22-18-17-13-6-9-16(27-12(2)25-21(3,4)5)24-14(13)7-8-15(17)28-19(18)20(26)23-11/h6-9,11-12,22,25H,10H2,1-5H3,(H,23,26)/t11-,12?/m1/s1. The maximum absolute atomic E-state index is 12.5. The maximum atomic E-state index is 12.5. The molecule has 3 heterocycles. The molecule has 3 aromatic rings. The summed E-state index contributed by atoms with van der Waals surface area (Å²) in [4.78, 5) is 18.0. The first kappa shape index (κ1) is 19.0. The van der Waals surface area contributed by atoms with Crippen LogP contribution in [0.4, 0.5) is 5.69 Å². The highest BCUT2D eigenvalue weighted by atomic mass is 32.1. The third kappa shape index (κ3) is 3.64. The molecule has 7 heteroatoms. The van der Waals surface area contributed by atoms with Crippen molar-refractivity contribution in [3.63, 3.8) is 0 Å². The third-order valence-electron chi connectivity index (χ3n) is 4.60. The van der Waals surface area contributed by atoms with Crippen LogP contribution in [0.15, 0.2) is 24.3 Å². The van der Waals surface area contributed by atoms with E-state index in [4.69, 9.17) is 9.72 Å². The van der Waals surface area contributed by atoms with Gasteiger partial charge in [-0.1, -0.05) is 0 Å². The minimum atomic E-state index is -0.155. The number of rotatable bonds is 3. The minimum absolute atomic E-state index is 0.0168. The molecule has 28 heavy (non-hydrogen) atoms. The van der Waals surface area contributed by atoms with Crippen LogP contribution in [0.3, 0.4) is 0 Å². The third-order valence-corrected chi connectivity index (χ3v) is 5.75. The molecule has 0 aliphatic carbocycles. The average molecular weight is 399 g/mol. The second-order valence-corrected chi connectivity index (χ2v) is 9.42. The van der Waals surface area contributed by atoms with Crippen LogP contribution < -0.4 is 20.7 Å². The topological polar surface area (TPSA) is 75.3 Å². The quantitative estimate of drug-likeness (QED) is 0.579. The number of thiophene rings is 1. The van der Waals surface area contributed by atoms with E-state index in [0.29, 0.717) is 12.4 Å². The number of ether oxygens (including phenoxy) is 1. The van der Waals surface area contributed by atoms with Crippen LogP contribution in [0.5, 0.6) is 5.88 Å². The molecule has 1 unspecified atom stereocenters. The van der Waals surface area contributed by atoms with Crippen molar-refractivity contribution in [2.24, 2.45) is 0 Å². The monoisotopic (exact) mass is 398 g/mol. The van der Waals surface area contributed by atoms with Gasteiger partial charge in [-0.05, 0) is 52.8 Å². The lowest BCUT2D eigenvalue weighted by Crippen LogP contribution is -2.44. The van der Waals surface area contributed by atoms with Crippen LogP contribution in [0.2, 0.25) is 0 Å². The number of anilines is 1. The number of pyridine rings is 1. The first-order chi connectivity index (χ1) is 13.2. The molecule has 2 atom stereocenters. The Labute approximate surface area is 168 Å². The van der Waals surface area contributed by atoms with E-state index in [-0.39, 0.29) is 23.7 Å². The molecule has 3 N–H and O–H groups in total. The van der Waals surface area contributed by atoms with Crippen molar-refractivity contribution in [1.82, 2.24) is 15.6 Å². The van der Waals surface area contributed by atoms with Gasteiger partial charge in [0.2, 0.25) is 5.88 Å². The van der Waals surface area contributed by atoms with E-state index in [0.717, 1.165) is 31.6 Å². The average Bonchev–Trinajstić information content (AvgIpc) is 2.90. The molecular formula is C21H26N4O2S. The Hall–Kier alpha value is -2.38. The van der Waals surface area contributed by atoms with Gasteiger partial charge < -0.3 is 15.4 Å². The normalized spacial score (nSPS) is 18.3. The molecule has 1 aliphatic rings. The summed E-state index contributed by atoms with van der Waals surface area (Å²) in [6.07, 6.45) is -0.155. The second-order valence-electron chi connectivity index (χ2n) is 8.37. The van der Waals surface area contributed by atoms with Gasteiger partial charge in [-0.3, -0.25) is 10.1 Å². The summed E-state index contributed by atoms with van der Waals surface area (Å²) in [6, 6.07) is 8.04. The molecule has 4 rings (SSSR count). The lowest BCUT2D eigenvalue weighted by Gasteiger charge is -2.26. The summed E-state index contributed by atoms with van der Waals surface area (Å²) in [7, 11) is 0. The zero-order chi connectivity index (χ0) is 20.1. The van der Waals surface area contributed by atoms with Crippen molar-refractivity contribution in [3.05, 3.63) is 29.1 Å². The van der Waals surface area contributed by atoms with E-state index in [1.54, 1.807) is 0 Å². The number of nitrogens with one attached hydrogen (secondary N) is 3. The van der Waals surface area contributed by atoms with Gasteiger partial charge in [-0.2, -0.15) is 0 Å². The molecule has 1 amide bonds. The molecule has 0 saturated heterocycles. The highest BCUT2D eigenvalue weighted by Crippen LogP contribution is 2.41. The Morgan fingerprint density at radius 3 is 2.82 bits per heavy atom. The van der Waals surface area contributed by atoms with Crippen molar-refractivity contribution in [2.75, 3.05) is 11.9 Å². The molecule has 1 aromatic carbocycles. The molecule has 0 fully saturated rings. The fourth-order valence-corrected chi connectivity index (χ4v) is 4.69. The van der Waals surface area contributed by atoms with Crippen molar-refractivity contribution < 1.29 is 9.53 Å². The number of benzene rings is 1. The van der Waals surface area contributed by atoms with Gasteiger partial charge in [0, 0.05) is 39.7 Å². The summed E-state index contributed by atoms with van der Waals surface area (Å²) in [5.41, 5.74) is 1.72. The van der Waals surface area contributed by atoms with Crippen LogP contribution in [0.25, 0.3) is 21.0 Å². The summed E-state index contributed by atoms with van der Waals surface area (Å²) >= 11 is 1.52. The molecule has 1 aliphatic heterocycles. The van der Waals surface area contributed by atoms with E-state index in [9.17, 15) is 4.79 Å². The number of fused-ring (bicyclic) bond motifs is 5. The fourth-order valence-electron chi connectivity index (χ4n) is 3.59. The zero-order valence-electron chi connectivity index (χ0n) is 16.8. The Bertz CT molecular complexity index is 1050. The number of carbonyl (C=O) groups excluding carboxylic acids is 1. The van der Waals surface area contributed by atoms with Crippen LogP contribution in [0, 0.1) is 0 Å². The highest BCUT2D eigenvalue weighted by Gasteiger charge is 2.25. The molecule has 2 aromatic heterocycles. The number of amides is 1. The molecule has 0 bridgehead atoms. The Balaban J connectivity index is 1.74. The van der Waals surface area contributed by atoms with E-state index < -0.39 is 0 Å². The maximum Gasteiger partial charge on any atom is 0.263 e. The van der Waals surface area contributed by atoms with Gasteiger partial charge in [-0.15, -0.1) is 11.3 Å².